The average Bonchev–Trinajstić information content (AvgIpc) is 3.06. The van der Waals surface area contributed by atoms with Gasteiger partial charge in [-0.2, -0.15) is 11.8 Å². The Bertz CT molecular complexity index is 394. The predicted molar refractivity (Wildman–Crippen MR) is 78.1 cm³/mol. The SMILES string of the molecule is CSC1CCC(NC(C)C(=O)NCc2ccco2)C1. The van der Waals surface area contributed by atoms with Crippen LogP contribution >= 0.6 is 11.8 Å². The summed E-state index contributed by atoms with van der Waals surface area (Å²) >= 11 is 1.93. The van der Waals surface area contributed by atoms with E-state index in [2.05, 4.69) is 16.9 Å². The number of nitrogens with one attached hydrogen (secondary N) is 2. The Kier molecular flexibility index (Phi) is 5.34. The summed E-state index contributed by atoms with van der Waals surface area (Å²) < 4.78 is 5.19. The molecule has 2 rings (SSSR count). The van der Waals surface area contributed by atoms with Crippen LogP contribution in [0.25, 0.3) is 0 Å². The van der Waals surface area contributed by atoms with Crippen LogP contribution in [0.1, 0.15) is 31.9 Å². The second-order valence-electron chi connectivity index (χ2n) is 5.05. The lowest BCUT2D eigenvalue weighted by atomic mass is 10.2. The molecule has 0 aromatic carbocycles. The van der Waals surface area contributed by atoms with Crippen molar-refractivity contribution in [3.63, 3.8) is 0 Å². The second-order valence-corrected chi connectivity index (χ2v) is 6.19. The second kappa shape index (κ2) is 7.01. The minimum Gasteiger partial charge on any atom is -0.467 e. The maximum absolute atomic E-state index is 12.0. The van der Waals surface area contributed by atoms with Gasteiger partial charge in [0.25, 0.3) is 0 Å². The molecule has 106 valence electrons. The summed E-state index contributed by atoms with van der Waals surface area (Å²) in [6.45, 7) is 2.37. The summed E-state index contributed by atoms with van der Waals surface area (Å²) in [6.07, 6.45) is 7.36. The molecule has 1 saturated carbocycles. The molecule has 0 bridgehead atoms. The van der Waals surface area contributed by atoms with Crippen molar-refractivity contribution in [2.24, 2.45) is 0 Å². The molecule has 4 nitrogen and oxygen atoms in total. The molecule has 1 aliphatic carbocycles. The molecule has 1 heterocycles. The first-order chi connectivity index (χ1) is 9.19. The average molecular weight is 282 g/mol. The Morgan fingerprint density at radius 1 is 1.58 bits per heavy atom. The van der Waals surface area contributed by atoms with Gasteiger partial charge in [-0.15, -0.1) is 0 Å². The summed E-state index contributed by atoms with van der Waals surface area (Å²) in [4.78, 5) is 12.0. The van der Waals surface area contributed by atoms with E-state index in [1.165, 1.54) is 12.8 Å². The van der Waals surface area contributed by atoms with E-state index >= 15 is 0 Å². The molecule has 19 heavy (non-hydrogen) atoms. The van der Waals surface area contributed by atoms with Crippen molar-refractivity contribution in [2.45, 2.75) is 50.1 Å². The van der Waals surface area contributed by atoms with E-state index in [-0.39, 0.29) is 11.9 Å². The van der Waals surface area contributed by atoms with Gasteiger partial charge in [0.15, 0.2) is 0 Å². The van der Waals surface area contributed by atoms with Gasteiger partial charge in [0.2, 0.25) is 5.91 Å². The molecular weight excluding hydrogens is 260 g/mol. The highest BCUT2D eigenvalue weighted by Gasteiger charge is 2.26. The Labute approximate surface area is 118 Å². The van der Waals surface area contributed by atoms with Gasteiger partial charge in [-0.25, -0.2) is 0 Å². The summed E-state index contributed by atoms with van der Waals surface area (Å²) in [5, 5.41) is 7.05. The number of furan rings is 1. The summed E-state index contributed by atoms with van der Waals surface area (Å²) in [5.74, 6) is 0.813. The Morgan fingerprint density at radius 3 is 3.05 bits per heavy atom. The molecule has 1 amide bonds. The zero-order valence-corrected chi connectivity index (χ0v) is 12.3. The normalized spacial score (nSPS) is 24.3. The molecule has 0 radical (unpaired) electrons. The minimum absolute atomic E-state index is 0.0315. The van der Waals surface area contributed by atoms with Gasteiger partial charge in [-0.05, 0) is 44.6 Å². The van der Waals surface area contributed by atoms with Crippen LogP contribution in [0.15, 0.2) is 22.8 Å². The Morgan fingerprint density at radius 2 is 2.42 bits per heavy atom. The number of rotatable bonds is 6. The van der Waals surface area contributed by atoms with Crippen LogP contribution < -0.4 is 10.6 Å². The van der Waals surface area contributed by atoms with E-state index in [0.29, 0.717) is 12.6 Å². The maximum Gasteiger partial charge on any atom is 0.237 e. The van der Waals surface area contributed by atoms with Crippen LogP contribution in [0.4, 0.5) is 0 Å². The molecule has 0 saturated heterocycles. The molecule has 3 atom stereocenters. The molecular formula is C14H22N2O2S. The van der Waals surface area contributed by atoms with Crippen LogP contribution in [0.3, 0.4) is 0 Å². The highest BCUT2D eigenvalue weighted by Crippen LogP contribution is 2.28. The molecule has 1 aliphatic rings. The van der Waals surface area contributed by atoms with Crippen molar-refractivity contribution in [3.8, 4) is 0 Å². The van der Waals surface area contributed by atoms with Crippen LogP contribution in [-0.4, -0.2) is 29.5 Å². The molecule has 0 aliphatic heterocycles. The van der Waals surface area contributed by atoms with Gasteiger partial charge in [0.05, 0.1) is 18.8 Å². The number of thioether (sulfide) groups is 1. The van der Waals surface area contributed by atoms with Gasteiger partial charge in [0.1, 0.15) is 5.76 Å². The topological polar surface area (TPSA) is 54.3 Å². The molecule has 2 N–H and O–H groups in total. The first kappa shape index (κ1) is 14.5. The standard InChI is InChI=1S/C14H22N2O2S/c1-10(16-11-5-6-13(8-11)19-2)14(17)15-9-12-4-3-7-18-12/h3-4,7,10-11,13,16H,5-6,8-9H2,1-2H3,(H,15,17). The van der Waals surface area contributed by atoms with Crippen LogP contribution in [0.5, 0.6) is 0 Å². The third kappa shape index (κ3) is 4.28. The zero-order valence-electron chi connectivity index (χ0n) is 11.5. The zero-order chi connectivity index (χ0) is 13.7. The van der Waals surface area contributed by atoms with Crippen molar-refractivity contribution in [2.75, 3.05) is 6.26 Å². The molecule has 1 fully saturated rings. The van der Waals surface area contributed by atoms with E-state index in [4.69, 9.17) is 4.42 Å². The van der Waals surface area contributed by atoms with Crippen LogP contribution in [-0.2, 0) is 11.3 Å². The number of carbonyl (C=O) groups excluding carboxylic acids is 1. The lowest BCUT2D eigenvalue weighted by Gasteiger charge is -2.18. The Balaban J connectivity index is 1.70. The number of carbonyl (C=O) groups is 1. The van der Waals surface area contributed by atoms with Gasteiger partial charge in [-0.3, -0.25) is 4.79 Å². The van der Waals surface area contributed by atoms with Crippen molar-refractivity contribution >= 4 is 17.7 Å². The smallest absolute Gasteiger partial charge is 0.237 e. The van der Waals surface area contributed by atoms with Crippen LogP contribution in [0, 0.1) is 0 Å². The van der Waals surface area contributed by atoms with Gasteiger partial charge < -0.3 is 15.1 Å². The van der Waals surface area contributed by atoms with E-state index in [0.717, 1.165) is 17.4 Å². The fourth-order valence-corrected chi connectivity index (χ4v) is 3.27. The van der Waals surface area contributed by atoms with Gasteiger partial charge in [0, 0.05) is 11.3 Å². The molecule has 1 aromatic heterocycles. The molecule has 0 spiro atoms. The van der Waals surface area contributed by atoms with Crippen molar-refractivity contribution in [3.05, 3.63) is 24.2 Å². The quantitative estimate of drug-likeness (QED) is 0.839. The number of hydrogen-bond donors (Lipinski definition) is 2. The number of amides is 1. The highest BCUT2D eigenvalue weighted by molar-refractivity contribution is 7.99. The first-order valence-corrected chi connectivity index (χ1v) is 8.06. The lowest BCUT2D eigenvalue weighted by Crippen LogP contribution is -2.45. The van der Waals surface area contributed by atoms with Crippen molar-refractivity contribution in [1.29, 1.82) is 0 Å². The molecule has 1 aromatic rings. The van der Waals surface area contributed by atoms with Gasteiger partial charge >= 0.3 is 0 Å². The summed E-state index contributed by atoms with van der Waals surface area (Å²) in [5.41, 5.74) is 0. The summed E-state index contributed by atoms with van der Waals surface area (Å²) in [6, 6.07) is 4.00. The largest absolute Gasteiger partial charge is 0.467 e. The first-order valence-electron chi connectivity index (χ1n) is 6.78. The minimum atomic E-state index is -0.152. The Hall–Kier alpha value is -0.940. The third-order valence-corrected chi connectivity index (χ3v) is 4.71. The predicted octanol–water partition coefficient (Wildman–Crippen LogP) is 2.16. The van der Waals surface area contributed by atoms with Crippen molar-refractivity contribution in [1.82, 2.24) is 10.6 Å². The van der Waals surface area contributed by atoms with E-state index < -0.39 is 0 Å². The highest BCUT2D eigenvalue weighted by atomic mass is 32.2. The fourth-order valence-electron chi connectivity index (χ4n) is 2.48. The number of hydrogen-bond acceptors (Lipinski definition) is 4. The van der Waals surface area contributed by atoms with Gasteiger partial charge in [-0.1, -0.05) is 0 Å². The monoisotopic (exact) mass is 282 g/mol. The maximum atomic E-state index is 12.0. The molecule has 3 unspecified atom stereocenters. The van der Waals surface area contributed by atoms with E-state index in [1.807, 2.05) is 30.8 Å². The van der Waals surface area contributed by atoms with Crippen molar-refractivity contribution < 1.29 is 9.21 Å². The summed E-state index contributed by atoms with van der Waals surface area (Å²) in [7, 11) is 0. The van der Waals surface area contributed by atoms with E-state index in [9.17, 15) is 4.79 Å². The molecule has 5 heteroatoms. The third-order valence-electron chi connectivity index (χ3n) is 3.61. The van der Waals surface area contributed by atoms with E-state index in [1.54, 1.807) is 6.26 Å². The fraction of sp³-hybridized carbons (Fsp3) is 0.643. The van der Waals surface area contributed by atoms with Crippen LogP contribution in [0.2, 0.25) is 0 Å². The lowest BCUT2D eigenvalue weighted by molar-refractivity contribution is -0.123.